The predicted octanol–water partition coefficient (Wildman–Crippen LogP) is 0.448. The fourth-order valence-corrected chi connectivity index (χ4v) is 3.34. The second kappa shape index (κ2) is 5.47. The number of hydrogen-bond donors (Lipinski definition) is 2. The molecule has 0 unspecified atom stereocenters. The number of sulfonamides is 1. The summed E-state index contributed by atoms with van der Waals surface area (Å²) in [6, 6.07) is 4.66. The number of anilines is 2. The maximum atomic E-state index is 11.5. The van der Waals surface area contributed by atoms with E-state index >= 15 is 0 Å². The van der Waals surface area contributed by atoms with Crippen molar-refractivity contribution in [3.63, 3.8) is 0 Å². The third-order valence-corrected chi connectivity index (χ3v) is 5.17. The standard InChI is InChI=1S/C14H22N4O2S/c15-13-4-3-12(21(16,19)20)9-14(13)18-7-5-17(6-8-18)10-11-1-2-11/h3-4,9,11H,1-2,5-8,10,15H2,(H2,16,19,20). The van der Waals surface area contributed by atoms with E-state index in [0.29, 0.717) is 5.69 Å². The molecule has 7 heteroatoms. The van der Waals surface area contributed by atoms with Crippen LogP contribution in [0.3, 0.4) is 0 Å². The van der Waals surface area contributed by atoms with Crippen molar-refractivity contribution in [2.24, 2.45) is 11.1 Å². The molecule has 116 valence electrons. The Hall–Kier alpha value is -1.31. The van der Waals surface area contributed by atoms with E-state index in [4.69, 9.17) is 10.9 Å². The highest BCUT2D eigenvalue weighted by Crippen LogP contribution is 2.31. The van der Waals surface area contributed by atoms with Crippen LogP contribution in [0.2, 0.25) is 0 Å². The van der Waals surface area contributed by atoms with Crippen LogP contribution in [0.15, 0.2) is 23.1 Å². The second-order valence-corrected chi connectivity index (χ2v) is 7.56. The lowest BCUT2D eigenvalue weighted by Crippen LogP contribution is -2.47. The van der Waals surface area contributed by atoms with Crippen LogP contribution in [0.4, 0.5) is 11.4 Å². The molecular formula is C14H22N4O2S. The van der Waals surface area contributed by atoms with E-state index in [9.17, 15) is 8.42 Å². The zero-order valence-electron chi connectivity index (χ0n) is 12.0. The molecule has 2 aliphatic rings. The zero-order valence-corrected chi connectivity index (χ0v) is 12.8. The van der Waals surface area contributed by atoms with E-state index in [1.807, 2.05) is 0 Å². The van der Waals surface area contributed by atoms with Gasteiger partial charge in [0, 0.05) is 32.7 Å². The summed E-state index contributed by atoms with van der Waals surface area (Å²) < 4.78 is 22.9. The van der Waals surface area contributed by atoms with Gasteiger partial charge in [0.2, 0.25) is 10.0 Å². The normalized spacial score (nSPS) is 20.7. The average molecular weight is 310 g/mol. The highest BCUT2D eigenvalue weighted by atomic mass is 32.2. The Morgan fingerprint density at radius 3 is 2.38 bits per heavy atom. The number of hydrogen-bond acceptors (Lipinski definition) is 5. The second-order valence-electron chi connectivity index (χ2n) is 6.00. The number of benzene rings is 1. The van der Waals surface area contributed by atoms with E-state index in [-0.39, 0.29) is 4.90 Å². The Balaban J connectivity index is 1.72. The van der Waals surface area contributed by atoms with E-state index in [0.717, 1.165) is 37.8 Å². The number of primary sulfonamides is 1. The zero-order chi connectivity index (χ0) is 15.0. The van der Waals surface area contributed by atoms with Crippen LogP contribution in [0.5, 0.6) is 0 Å². The van der Waals surface area contributed by atoms with Crippen LogP contribution in [-0.4, -0.2) is 46.0 Å². The van der Waals surface area contributed by atoms with Gasteiger partial charge in [0.05, 0.1) is 16.3 Å². The molecule has 1 aliphatic heterocycles. The molecule has 21 heavy (non-hydrogen) atoms. The quantitative estimate of drug-likeness (QED) is 0.788. The highest BCUT2D eigenvalue weighted by Gasteiger charge is 2.27. The molecule has 0 atom stereocenters. The third kappa shape index (κ3) is 3.48. The minimum Gasteiger partial charge on any atom is -0.397 e. The van der Waals surface area contributed by atoms with Gasteiger partial charge in [-0.1, -0.05) is 0 Å². The highest BCUT2D eigenvalue weighted by molar-refractivity contribution is 7.89. The molecule has 0 bridgehead atoms. The van der Waals surface area contributed by atoms with E-state index in [2.05, 4.69) is 9.80 Å². The van der Waals surface area contributed by atoms with Crippen LogP contribution in [-0.2, 0) is 10.0 Å². The van der Waals surface area contributed by atoms with Gasteiger partial charge in [0.1, 0.15) is 0 Å². The summed E-state index contributed by atoms with van der Waals surface area (Å²) in [5, 5.41) is 5.19. The molecule has 0 spiro atoms. The number of nitrogens with zero attached hydrogens (tertiary/aromatic N) is 2. The summed E-state index contributed by atoms with van der Waals surface area (Å²) in [6.45, 7) is 4.92. The first-order valence-corrected chi connectivity index (χ1v) is 8.88. The molecule has 4 N–H and O–H groups in total. The van der Waals surface area contributed by atoms with Crippen LogP contribution in [0.1, 0.15) is 12.8 Å². The SMILES string of the molecule is Nc1ccc(S(N)(=O)=O)cc1N1CCN(CC2CC2)CC1. The Kier molecular flexibility index (Phi) is 3.81. The van der Waals surface area contributed by atoms with Crippen LogP contribution in [0.25, 0.3) is 0 Å². The van der Waals surface area contributed by atoms with Gasteiger partial charge in [0.25, 0.3) is 0 Å². The molecule has 0 aromatic heterocycles. The van der Waals surface area contributed by atoms with Crippen molar-refractivity contribution in [2.45, 2.75) is 17.7 Å². The first-order chi connectivity index (χ1) is 9.93. The average Bonchev–Trinajstić information content (AvgIpc) is 3.23. The smallest absolute Gasteiger partial charge is 0.238 e. The molecule has 1 saturated carbocycles. The molecule has 1 aromatic rings. The maximum absolute atomic E-state index is 11.5. The fourth-order valence-electron chi connectivity index (χ4n) is 2.81. The molecule has 1 aromatic carbocycles. The van der Waals surface area contributed by atoms with Crippen molar-refractivity contribution in [2.75, 3.05) is 43.4 Å². The number of nitrogen functional groups attached to an aromatic ring is 1. The minimum absolute atomic E-state index is 0.118. The van der Waals surface area contributed by atoms with Gasteiger partial charge >= 0.3 is 0 Å². The van der Waals surface area contributed by atoms with Crippen molar-refractivity contribution in [1.82, 2.24) is 4.90 Å². The van der Waals surface area contributed by atoms with Gasteiger partial charge in [-0.3, -0.25) is 4.90 Å². The van der Waals surface area contributed by atoms with Gasteiger partial charge in [0.15, 0.2) is 0 Å². The lowest BCUT2D eigenvalue weighted by atomic mass is 10.2. The molecule has 0 amide bonds. The minimum atomic E-state index is -3.69. The molecule has 6 nitrogen and oxygen atoms in total. The van der Waals surface area contributed by atoms with Crippen molar-refractivity contribution >= 4 is 21.4 Å². The Morgan fingerprint density at radius 1 is 1.14 bits per heavy atom. The fraction of sp³-hybridized carbons (Fsp3) is 0.571. The van der Waals surface area contributed by atoms with Gasteiger partial charge in [-0.15, -0.1) is 0 Å². The van der Waals surface area contributed by atoms with Crippen molar-refractivity contribution in [3.8, 4) is 0 Å². The summed E-state index contributed by atoms with van der Waals surface area (Å²) in [4.78, 5) is 4.74. The maximum Gasteiger partial charge on any atom is 0.238 e. The molecule has 2 fully saturated rings. The number of nitrogens with two attached hydrogens (primary N) is 2. The first kappa shape index (κ1) is 14.6. The van der Waals surface area contributed by atoms with Gasteiger partial charge < -0.3 is 10.6 Å². The topological polar surface area (TPSA) is 92.7 Å². The monoisotopic (exact) mass is 310 g/mol. The summed E-state index contributed by atoms with van der Waals surface area (Å²) >= 11 is 0. The molecule has 1 aliphatic carbocycles. The molecular weight excluding hydrogens is 288 g/mol. The third-order valence-electron chi connectivity index (χ3n) is 4.26. The summed E-state index contributed by atoms with van der Waals surface area (Å²) in [5.74, 6) is 0.896. The van der Waals surface area contributed by atoms with Gasteiger partial charge in [-0.2, -0.15) is 0 Å². The molecule has 3 rings (SSSR count). The summed E-state index contributed by atoms with van der Waals surface area (Å²) in [5.41, 5.74) is 7.36. The van der Waals surface area contributed by atoms with E-state index in [1.165, 1.54) is 25.5 Å². The van der Waals surface area contributed by atoms with E-state index < -0.39 is 10.0 Å². The number of rotatable bonds is 4. The van der Waals surface area contributed by atoms with Crippen molar-refractivity contribution in [1.29, 1.82) is 0 Å². The largest absolute Gasteiger partial charge is 0.397 e. The van der Waals surface area contributed by atoms with Gasteiger partial charge in [-0.25, -0.2) is 13.6 Å². The van der Waals surface area contributed by atoms with Crippen molar-refractivity contribution in [3.05, 3.63) is 18.2 Å². The summed E-state index contributed by atoms with van der Waals surface area (Å²) in [7, 11) is -3.69. The Labute approximate surface area is 125 Å². The van der Waals surface area contributed by atoms with Crippen LogP contribution < -0.4 is 15.8 Å². The molecule has 1 saturated heterocycles. The number of piperazine rings is 1. The van der Waals surface area contributed by atoms with Crippen LogP contribution >= 0.6 is 0 Å². The Morgan fingerprint density at radius 2 is 1.81 bits per heavy atom. The lowest BCUT2D eigenvalue weighted by molar-refractivity contribution is 0.248. The van der Waals surface area contributed by atoms with Crippen molar-refractivity contribution < 1.29 is 8.42 Å². The lowest BCUT2D eigenvalue weighted by Gasteiger charge is -2.36. The van der Waals surface area contributed by atoms with Gasteiger partial charge in [-0.05, 0) is 37.0 Å². The first-order valence-electron chi connectivity index (χ1n) is 7.33. The van der Waals surface area contributed by atoms with E-state index in [1.54, 1.807) is 12.1 Å². The summed E-state index contributed by atoms with van der Waals surface area (Å²) in [6.07, 6.45) is 2.73. The Bertz CT molecular complexity index is 620. The predicted molar refractivity (Wildman–Crippen MR) is 83.6 cm³/mol. The molecule has 1 heterocycles. The molecule has 0 radical (unpaired) electrons. The van der Waals surface area contributed by atoms with Crippen LogP contribution in [0, 0.1) is 5.92 Å².